The van der Waals surface area contributed by atoms with Crippen molar-refractivity contribution in [1.29, 1.82) is 0 Å². The molecular weight excluding hydrogens is 495 g/mol. The molecule has 1 saturated heterocycles. The fourth-order valence-corrected chi connectivity index (χ4v) is 7.28. The first-order chi connectivity index (χ1) is 15.3. The zero-order valence-corrected chi connectivity index (χ0v) is 24.3. The molecule has 4 fully saturated rings. The molecular formula is C26H42BBrO4Si. The molecule has 7 heteroatoms. The fourth-order valence-electron chi connectivity index (χ4n) is 5.73. The minimum absolute atomic E-state index is 0.103. The van der Waals surface area contributed by atoms with Crippen molar-refractivity contribution in [2.24, 2.45) is 17.3 Å². The van der Waals surface area contributed by atoms with Crippen LogP contribution in [0, 0.1) is 17.3 Å². The normalized spacial score (nSPS) is 32.8. The molecule has 3 aliphatic carbocycles. The van der Waals surface area contributed by atoms with Gasteiger partial charge in [0.25, 0.3) is 0 Å². The number of halogens is 1. The van der Waals surface area contributed by atoms with E-state index in [0.29, 0.717) is 24.5 Å². The molecule has 0 radical (unpaired) electrons. The topological polar surface area (TPSA) is 36.9 Å². The number of alkyl halides is 1. The summed E-state index contributed by atoms with van der Waals surface area (Å²) in [5.74, 6) is 1.29. The van der Waals surface area contributed by atoms with E-state index in [1.54, 1.807) is 0 Å². The fraction of sp³-hybridized carbons (Fsp3) is 0.769. The van der Waals surface area contributed by atoms with Gasteiger partial charge in [0.2, 0.25) is 0 Å². The lowest BCUT2D eigenvalue weighted by molar-refractivity contribution is -0.199. The van der Waals surface area contributed by atoms with Gasteiger partial charge in [-0.25, -0.2) is 0 Å². The Hall–Kier alpha value is -0.178. The molecule has 6 atom stereocenters. The molecule has 3 saturated carbocycles. The molecule has 1 heterocycles. The van der Waals surface area contributed by atoms with E-state index in [9.17, 15) is 0 Å². The van der Waals surface area contributed by atoms with Crippen LogP contribution in [-0.2, 0) is 25.1 Å². The summed E-state index contributed by atoms with van der Waals surface area (Å²) in [7, 11) is -2.25. The predicted molar refractivity (Wildman–Crippen MR) is 141 cm³/mol. The third-order valence-corrected chi connectivity index (χ3v) is 14.8. The molecule has 2 bridgehead atoms. The standard InChI is InChI=1S/C26H42BBrO4Si/c1-24(2,3)33(7,8)30-17-20(29-16-18-12-10-9-11-13-18)23(28)27-31-22-15-19-14-21(25(19,4)5)26(22,6)32-27/h9-13,19-23H,14-17H2,1-8H3/t19-,20+,21-,22+,23+,26-/m0/s1. The molecule has 0 amide bonds. The highest BCUT2D eigenvalue weighted by molar-refractivity contribution is 9.10. The molecule has 0 N–H and O–H groups in total. The SMILES string of the molecule is CC1(C)[C@@H]2C[C@H]3OB([C@H](Br)[C@@H](CO[Si](C)(C)C(C)(C)C)OCc4ccccc4)O[C@@]3(C)[C@H]1C2. The van der Waals surface area contributed by atoms with Crippen LogP contribution in [0.5, 0.6) is 0 Å². The Morgan fingerprint density at radius 1 is 1.15 bits per heavy atom. The van der Waals surface area contributed by atoms with Gasteiger partial charge in [0.1, 0.15) is 0 Å². The zero-order chi connectivity index (χ0) is 24.2. The first-order valence-electron chi connectivity index (χ1n) is 12.5. The van der Waals surface area contributed by atoms with Gasteiger partial charge in [-0.15, -0.1) is 0 Å². The molecule has 0 unspecified atom stereocenters. The lowest BCUT2D eigenvalue weighted by atomic mass is 9.43. The molecule has 0 aromatic heterocycles. The first kappa shape index (κ1) is 25.9. The van der Waals surface area contributed by atoms with E-state index in [2.05, 4.69) is 82.7 Å². The van der Waals surface area contributed by atoms with Crippen LogP contribution in [0.2, 0.25) is 18.1 Å². The molecule has 4 nitrogen and oxygen atoms in total. The minimum Gasteiger partial charge on any atom is -0.414 e. The van der Waals surface area contributed by atoms with Crippen molar-refractivity contribution >= 4 is 31.4 Å². The summed E-state index contributed by atoms with van der Waals surface area (Å²) < 4.78 is 26.3. The second kappa shape index (κ2) is 9.04. The van der Waals surface area contributed by atoms with Crippen LogP contribution in [0.25, 0.3) is 0 Å². The predicted octanol–water partition coefficient (Wildman–Crippen LogP) is 6.62. The molecule has 184 valence electrons. The van der Waals surface area contributed by atoms with E-state index in [1.807, 2.05) is 18.2 Å². The maximum Gasteiger partial charge on any atom is 0.475 e. The number of benzene rings is 1. The highest BCUT2D eigenvalue weighted by Gasteiger charge is 2.68. The van der Waals surface area contributed by atoms with Gasteiger partial charge >= 0.3 is 7.12 Å². The van der Waals surface area contributed by atoms with Crippen LogP contribution in [0.1, 0.15) is 59.9 Å². The lowest BCUT2D eigenvalue weighted by Crippen LogP contribution is -2.65. The second-order valence-electron chi connectivity index (χ2n) is 12.7. The maximum atomic E-state index is 6.74. The van der Waals surface area contributed by atoms with Crippen molar-refractivity contribution in [3.05, 3.63) is 35.9 Å². The van der Waals surface area contributed by atoms with Gasteiger partial charge in [-0.3, -0.25) is 0 Å². The van der Waals surface area contributed by atoms with Crippen LogP contribution in [0.15, 0.2) is 30.3 Å². The van der Waals surface area contributed by atoms with E-state index in [-0.39, 0.29) is 34.7 Å². The van der Waals surface area contributed by atoms with Crippen molar-refractivity contribution in [1.82, 2.24) is 0 Å². The zero-order valence-electron chi connectivity index (χ0n) is 21.7. The van der Waals surface area contributed by atoms with Gasteiger partial charge in [-0.2, -0.15) is 0 Å². The molecule has 0 spiro atoms. The van der Waals surface area contributed by atoms with Crippen molar-refractivity contribution in [3.8, 4) is 0 Å². The van der Waals surface area contributed by atoms with Crippen molar-refractivity contribution in [2.75, 3.05) is 6.61 Å². The number of hydrogen-bond acceptors (Lipinski definition) is 4. The Morgan fingerprint density at radius 2 is 1.82 bits per heavy atom. The smallest absolute Gasteiger partial charge is 0.414 e. The third kappa shape index (κ3) is 4.80. The molecule has 5 rings (SSSR count). The van der Waals surface area contributed by atoms with Crippen LogP contribution in [-0.4, -0.2) is 44.6 Å². The number of rotatable bonds is 8. The Morgan fingerprint density at radius 3 is 2.42 bits per heavy atom. The highest BCUT2D eigenvalue weighted by atomic mass is 79.9. The van der Waals surface area contributed by atoms with Crippen LogP contribution < -0.4 is 0 Å². The van der Waals surface area contributed by atoms with E-state index in [0.717, 1.165) is 17.9 Å². The highest BCUT2D eigenvalue weighted by Crippen LogP contribution is 2.66. The van der Waals surface area contributed by atoms with Gasteiger partial charge < -0.3 is 18.5 Å². The van der Waals surface area contributed by atoms with Gasteiger partial charge in [-0.05, 0) is 60.7 Å². The molecule has 4 aliphatic rings. The summed E-state index contributed by atoms with van der Waals surface area (Å²) in [6.07, 6.45) is 2.34. The largest absolute Gasteiger partial charge is 0.475 e. The van der Waals surface area contributed by atoms with E-state index in [1.165, 1.54) is 6.42 Å². The lowest BCUT2D eigenvalue weighted by Gasteiger charge is -2.64. The van der Waals surface area contributed by atoms with Gasteiger partial charge in [0.05, 0.1) is 35.7 Å². The van der Waals surface area contributed by atoms with E-state index in [4.69, 9.17) is 18.5 Å². The quantitative estimate of drug-likeness (QED) is 0.276. The summed E-state index contributed by atoms with van der Waals surface area (Å²) >= 11 is 3.94. The minimum atomic E-state index is -1.91. The molecule has 33 heavy (non-hydrogen) atoms. The number of ether oxygens (including phenoxy) is 1. The van der Waals surface area contributed by atoms with E-state index < -0.39 is 8.32 Å². The summed E-state index contributed by atoms with van der Waals surface area (Å²) in [5.41, 5.74) is 1.27. The van der Waals surface area contributed by atoms with Crippen LogP contribution in [0.4, 0.5) is 0 Å². The van der Waals surface area contributed by atoms with Crippen LogP contribution in [0.3, 0.4) is 0 Å². The van der Waals surface area contributed by atoms with Crippen molar-refractivity contribution < 1.29 is 18.5 Å². The first-order valence-corrected chi connectivity index (χ1v) is 16.3. The summed E-state index contributed by atoms with van der Waals surface area (Å²) in [5, 5.41) is 0.147. The summed E-state index contributed by atoms with van der Waals surface area (Å²) in [6.45, 7) is 19.5. The van der Waals surface area contributed by atoms with E-state index >= 15 is 0 Å². The Labute approximate surface area is 210 Å². The van der Waals surface area contributed by atoms with Gasteiger partial charge in [0, 0.05) is 0 Å². The Bertz CT molecular complexity index is 829. The van der Waals surface area contributed by atoms with Gasteiger partial charge in [0.15, 0.2) is 8.32 Å². The van der Waals surface area contributed by atoms with Crippen molar-refractivity contribution in [3.63, 3.8) is 0 Å². The number of hydrogen-bond donors (Lipinski definition) is 0. The summed E-state index contributed by atoms with van der Waals surface area (Å²) in [6, 6.07) is 10.3. The maximum absolute atomic E-state index is 6.74. The van der Waals surface area contributed by atoms with Crippen LogP contribution >= 0.6 is 15.9 Å². The third-order valence-electron chi connectivity index (χ3n) is 9.31. The average Bonchev–Trinajstić information content (AvgIpc) is 3.10. The molecule has 1 aromatic carbocycles. The average molecular weight is 537 g/mol. The Balaban J connectivity index is 1.47. The monoisotopic (exact) mass is 536 g/mol. The summed E-state index contributed by atoms with van der Waals surface area (Å²) in [4.78, 5) is 0. The molecule has 1 aliphatic heterocycles. The van der Waals surface area contributed by atoms with Gasteiger partial charge in [-0.1, -0.05) is 80.9 Å². The van der Waals surface area contributed by atoms with Crippen molar-refractivity contribution in [2.45, 2.75) is 102 Å². The molecule has 1 aromatic rings. The Kier molecular flexibility index (Phi) is 7.10. The second-order valence-corrected chi connectivity index (χ2v) is 18.6.